The topological polar surface area (TPSA) is 166 Å². The molecule has 0 saturated carbocycles. The zero-order chi connectivity index (χ0) is 25.2. The number of nitro groups is 1. The summed E-state index contributed by atoms with van der Waals surface area (Å²) >= 11 is 0. The highest BCUT2D eigenvalue weighted by atomic mass is 16.6. The number of benzene rings is 3. The first kappa shape index (κ1) is 25.2. The molecule has 0 aliphatic rings. The predicted molar refractivity (Wildman–Crippen MR) is 129 cm³/mol. The van der Waals surface area contributed by atoms with E-state index in [9.17, 15) is 25.4 Å². The second kappa shape index (κ2) is 12.2. The van der Waals surface area contributed by atoms with Gasteiger partial charge in [-0.15, -0.1) is 10.2 Å². The van der Waals surface area contributed by atoms with Gasteiger partial charge in [0.15, 0.2) is 0 Å². The Bertz CT molecular complexity index is 1190. The van der Waals surface area contributed by atoms with Gasteiger partial charge >= 0.3 is 0 Å². The lowest BCUT2D eigenvalue weighted by Crippen LogP contribution is -2.29. The summed E-state index contributed by atoms with van der Waals surface area (Å²) in [6, 6.07) is 15.4. The van der Waals surface area contributed by atoms with E-state index in [4.69, 9.17) is 4.74 Å². The third-order valence-corrected chi connectivity index (χ3v) is 4.84. The standard InChI is InChI=1S/C23H24N6O6/c1-35-23-15-20(26-24-17-4-8-19(9-5-17)29(33)34)22(32)14-21(23)27-25-16-2-6-18(7-3-16)28(10-12-30)11-13-31/h2-9,14-15,30-32H,10-13H2,1H3. The van der Waals surface area contributed by atoms with E-state index >= 15 is 0 Å². The van der Waals surface area contributed by atoms with Gasteiger partial charge in [0.05, 0.1) is 36.6 Å². The Kier molecular flexibility index (Phi) is 8.76. The van der Waals surface area contributed by atoms with Crippen LogP contribution >= 0.6 is 0 Å². The molecule has 3 N–H and O–H groups in total. The molecule has 0 amide bonds. The molecule has 0 saturated heterocycles. The highest BCUT2D eigenvalue weighted by Gasteiger charge is 2.11. The smallest absolute Gasteiger partial charge is 0.269 e. The van der Waals surface area contributed by atoms with Crippen LogP contribution in [0, 0.1) is 10.1 Å². The van der Waals surface area contributed by atoms with Gasteiger partial charge in [-0.25, -0.2) is 0 Å². The number of nitrogens with zero attached hydrogens (tertiary/aromatic N) is 6. The number of non-ortho nitro benzene ring substituents is 1. The third-order valence-electron chi connectivity index (χ3n) is 4.84. The van der Waals surface area contributed by atoms with Gasteiger partial charge in [0, 0.05) is 43.0 Å². The fraction of sp³-hybridized carbons (Fsp3) is 0.217. The summed E-state index contributed by atoms with van der Waals surface area (Å²) in [7, 11) is 1.44. The SMILES string of the molecule is COc1cc(N=Nc2ccc([N+](=O)[O-])cc2)c(O)cc1N=Nc1ccc(N(CCO)CCO)cc1. The zero-order valence-corrected chi connectivity index (χ0v) is 18.9. The van der Waals surface area contributed by atoms with Crippen LogP contribution in [-0.4, -0.2) is 53.7 Å². The van der Waals surface area contributed by atoms with E-state index in [2.05, 4.69) is 20.5 Å². The van der Waals surface area contributed by atoms with Gasteiger partial charge in [-0.05, 0) is 36.4 Å². The van der Waals surface area contributed by atoms with Gasteiger partial charge in [-0.1, -0.05) is 0 Å². The molecule has 3 aromatic carbocycles. The Morgan fingerprint density at radius 3 is 1.91 bits per heavy atom. The molecule has 0 heterocycles. The van der Waals surface area contributed by atoms with Crippen molar-refractivity contribution in [2.75, 3.05) is 38.3 Å². The van der Waals surface area contributed by atoms with Gasteiger partial charge < -0.3 is 25.0 Å². The number of azo groups is 2. The molecule has 0 aromatic heterocycles. The molecule has 0 bridgehead atoms. The van der Waals surface area contributed by atoms with Crippen LogP contribution in [0.3, 0.4) is 0 Å². The second-order valence-electron chi connectivity index (χ2n) is 7.14. The molecular formula is C23H24N6O6. The lowest BCUT2D eigenvalue weighted by atomic mass is 10.2. The second-order valence-corrected chi connectivity index (χ2v) is 7.14. The Hall–Kier alpha value is -4.42. The minimum Gasteiger partial charge on any atom is -0.506 e. The van der Waals surface area contributed by atoms with Gasteiger partial charge in [0.25, 0.3) is 5.69 Å². The molecule has 0 atom stereocenters. The van der Waals surface area contributed by atoms with Crippen LogP contribution in [0.15, 0.2) is 81.1 Å². The van der Waals surface area contributed by atoms with Crippen molar-refractivity contribution in [1.29, 1.82) is 0 Å². The van der Waals surface area contributed by atoms with Gasteiger partial charge in [-0.2, -0.15) is 10.2 Å². The molecule has 182 valence electrons. The van der Waals surface area contributed by atoms with Crippen molar-refractivity contribution < 1.29 is 25.0 Å². The van der Waals surface area contributed by atoms with E-state index in [1.165, 1.54) is 43.5 Å². The molecule has 0 aliphatic carbocycles. The zero-order valence-electron chi connectivity index (χ0n) is 18.9. The molecular weight excluding hydrogens is 456 g/mol. The molecule has 12 heteroatoms. The number of phenols is 1. The minimum absolute atomic E-state index is 0.0335. The number of hydrogen-bond donors (Lipinski definition) is 3. The quantitative estimate of drug-likeness (QED) is 0.199. The maximum atomic E-state index is 10.7. The van der Waals surface area contributed by atoms with Crippen LogP contribution in [0.25, 0.3) is 0 Å². The first-order valence-corrected chi connectivity index (χ1v) is 10.5. The number of aromatic hydroxyl groups is 1. The number of ether oxygens (including phenoxy) is 1. The number of aliphatic hydroxyl groups excluding tert-OH is 2. The van der Waals surface area contributed by atoms with Gasteiger partial charge in [0.1, 0.15) is 22.9 Å². The number of anilines is 1. The maximum Gasteiger partial charge on any atom is 0.269 e. The first-order valence-electron chi connectivity index (χ1n) is 10.5. The van der Waals surface area contributed by atoms with Crippen LogP contribution in [0.5, 0.6) is 11.5 Å². The number of nitro benzene ring substituents is 1. The average molecular weight is 480 g/mol. The molecule has 0 aliphatic heterocycles. The summed E-state index contributed by atoms with van der Waals surface area (Å²) in [5.41, 5.74) is 2.07. The van der Waals surface area contributed by atoms with Crippen molar-refractivity contribution in [2.45, 2.75) is 0 Å². The molecule has 0 fully saturated rings. The van der Waals surface area contributed by atoms with E-state index in [0.717, 1.165) is 5.69 Å². The normalized spacial score (nSPS) is 11.3. The van der Waals surface area contributed by atoms with Crippen molar-refractivity contribution in [2.24, 2.45) is 20.5 Å². The first-order chi connectivity index (χ1) is 16.9. The van der Waals surface area contributed by atoms with Crippen LogP contribution in [0.2, 0.25) is 0 Å². The number of phenolic OH excluding ortho intramolecular Hbond substituents is 1. The maximum absolute atomic E-state index is 10.7. The van der Waals surface area contributed by atoms with Crippen molar-refractivity contribution in [3.8, 4) is 11.5 Å². The van der Waals surface area contributed by atoms with Crippen LogP contribution in [0.1, 0.15) is 0 Å². The number of rotatable bonds is 11. The van der Waals surface area contributed by atoms with Crippen molar-refractivity contribution >= 4 is 34.1 Å². The average Bonchev–Trinajstić information content (AvgIpc) is 2.87. The Morgan fingerprint density at radius 2 is 1.40 bits per heavy atom. The van der Waals surface area contributed by atoms with Crippen LogP contribution < -0.4 is 9.64 Å². The lowest BCUT2D eigenvalue weighted by Gasteiger charge is -2.22. The van der Waals surface area contributed by atoms with E-state index in [1.54, 1.807) is 24.3 Å². The molecule has 35 heavy (non-hydrogen) atoms. The predicted octanol–water partition coefficient (Wildman–Crippen LogP) is 4.93. The number of methoxy groups -OCH3 is 1. The van der Waals surface area contributed by atoms with Crippen molar-refractivity contribution in [1.82, 2.24) is 0 Å². The van der Waals surface area contributed by atoms with E-state index < -0.39 is 4.92 Å². The molecule has 0 spiro atoms. The highest BCUT2D eigenvalue weighted by Crippen LogP contribution is 2.40. The third kappa shape index (κ3) is 6.79. The molecule has 3 aromatic rings. The molecule has 0 unspecified atom stereocenters. The van der Waals surface area contributed by atoms with E-state index in [0.29, 0.717) is 30.2 Å². The minimum atomic E-state index is -0.511. The fourth-order valence-electron chi connectivity index (χ4n) is 3.07. The summed E-state index contributed by atoms with van der Waals surface area (Å²) in [4.78, 5) is 12.1. The van der Waals surface area contributed by atoms with Crippen LogP contribution in [-0.2, 0) is 0 Å². The summed E-state index contributed by atoms with van der Waals surface area (Å²) < 4.78 is 5.33. The highest BCUT2D eigenvalue weighted by molar-refractivity contribution is 5.66. The summed E-state index contributed by atoms with van der Waals surface area (Å²) in [5.74, 6) is 0.0993. The summed E-state index contributed by atoms with van der Waals surface area (Å²) in [5, 5.41) is 55.7. The Labute approximate surface area is 200 Å². The van der Waals surface area contributed by atoms with E-state index in [-0.39, 0.29) is 36.0 Å². The fourth-order valence-corrected chi connectivity index (χ4v) is 3.07. The van der Waals surface area contributed by atoms with Crippen molar-refractivity contribution in [3.63, 3.8) is 0 Å². The number of aliphatic hydroxyl groups is 2. The van der Waals surface area contributed by atoms with Gasteiger partial charge in [0.2, 0.25) is 0 Å². The molecule has 12 nitrogen and oxygen atoms in total. The Morgan fingerprint density at radius 1 is 0.857 bits per heavy atom. The number of hydrogen-bond acceptors (Lipinski definition) is 11. The van der Waals surface area contributed by atoms with Crippen molar-refractivity contribution in [3.05, 3.63) is 70.8 Å². The Balaban J connectivity index is 1.77. The molecule has 3 rings (SSSR count). The summed E-state index contributed by atoms with van der Waals surface area (Å²) in [6.07, 6.45) is 0. The van der Waals surface area contributed by atoms with Crippen LogP contribution in [0.4, 0.5) is 34.1 Å². The lowest BCUT2D eigenvalue weighted by molar-refractivity contribution is -0.384. The largest absolute Gasteiger partial charge is 0.506 e. The van der Waals surface area contributed by atoms with E-state index in [1.807, 2.05) is 4.90 Å². The summed E-state index contributed by atoms with van der Waals surface area (Å²) in [6.45, 7) is 0.722. The van der Waals surface area contributed by atoms with Gasteiger partial charge in [-0.3, -0.25) is 10.1 Å². The monoisotopic (exact) mass is 480 g/mol. The molecule has 0 radical (unpaired) electrons.